The summed E-state index contributed by atoms with van der Waals surface area (Å²) in [6, 6.07) is 13.5. The largest absolute Gasteiger partial charge is 0.493 e. The van der Waals surface area contributed by atoms with Crippen LogP contribution in [0.5, 0.6) is 11.5 Å². The Morgan fingerprint density at radius 1 is 1.04 bits per heavy atom. The molecular weight excluding hydrogens is 328 g/mol. The molecule has 0 saturated carbocycles. The predicted octanol–water partition coefficient (Wildman–Crippen LogP) is 2.56. The van der Waals surface area contributed by atoms with Crippen molar-refractivity contribution in [2.24, 2.45) is 0 Å². The summed E-state index contributed by atoms with van der Waals surface area (Å²) >= 11 is 0. The van der Waals surface area contributed by atoms with Gasteiger partial charge in [-0.15, -0.1) is 0 Å². The minimum atomic E-state index is -3.49. The summed E-state index contributed by atoms with van der Waals surface area (Å²) < 4.78 is 37.2. The van der Waals surface area contributed by atoms with E-state index >= 15 is 0 Å². The number of methoxy groups -OCH3 is 2. The van der Waals surface area contributed by atoms with Crippen molar-refractivity contribution in [2.75, 3.05) is 24.7 Å². The highest BCUT2D eigenvalue weighted by molar-refractivity contribution is 7.92. The van der Waals surface area contributed by atoms with Gasteiger partial charge in [0.15, 0.2) is 11.5 Å². The number of nitriles is 1. The molecule has 7 heteroatoms. The van der Waals surface area contributed by atoms with Gasteiger partial charge in [-0.25, -0.2) is 8.42 Å². The molecule has 1 N–H and O–H groups in total. The Kier molecular flexibility index (Phi) is 5.66. The number of sulfonamides is 1. The van der Waals surface area contributed by atoms with Crippen molar-refractivity contribution >= 4 is 15.7 Å². The summed E-state index contributed by atoms with van der Waals surface area (Å²) in [5, 5.41) is 8.74. The van der Waals surface area contributed by atoms with E-state index in [2.05, 4.69) is 4.72 Å². The quantitative estimate of drug-likeness (QED) is 0.832. The Bertz CT molecular complexity index is 840. The maximum atomic E-state index is 12.2. The van der Waals surface area contributed by atoms with Crippen molar-refractivity contribution < 1.29 is 17.9 Å². The molecule has 126 valence electrons. The number of aryl methyl sites for hydroxylation is 1. The average Bonchev–Trinajstić information content (AvgIpc) is 2.60. The Morgan fingerprint density at radius 2 is 1.71 bits per heavy atom. The zero-order valence-corrected chi connectivity index (χ0v) is 14.3. The van der Waals surface area contributed by atoms with Gasteiger partial charge in [0.1, 0.15) is 0 Å². The van der Waals surface area contributed by atoms with Crippen LogP contribution in [-0.2, 0) is 16.4 Å². The standard InChI is InChI=1S/C17H18N2O4S/c1-22-16-8-5-13(11-17(16)23-2)9-10-24(20,21)19-15-6-3-14(12-18)4-7-15/h3-8,11,19H,9-10H2,1-2H3. The number of hydrogen-bond donors (Lipinski definition) is 1. The van der Waals surface area contributed by atoms with Crippen LogP contribution < -0.4 is 14.2 Å². The van der Waals surface area contributed by atoms with E-state index in [1.807, 2.05) is 6.07 Å². The number of nitrogens with zero attached hydrogens (tertiary/aromatic N) is 1. The van der Waals surface area contributed by atoms with E-state index in [-0.39, 0.29) is 5.75 Å². The summed E-state index contributed by atoms with van der Waals surface area (Å²) in [7, 11) is -0.415. The number of hydrogen-bond acceptors (Lipinski definition) is 5. The lowest BCUT2D eigenvalue weighted by atomic mass is 10.1. The van der Waals surface area contributed by atoms with Gasteiger partial charge >= 0.3 is 0 Å². The van der Waals surface area contributed by atoms with E-state index in [1.54, 1.807) is 49.6 Å². The zero-order valence-electron chi connectivity index (χ0n) is 13.4. The molecule has 24 heavy (non-hydrogen) atoms. The van der Waals surface area contributed by atoms with Crippen LogP contribution in [0.1, 0.15) is 11.1 Å². The highest BCUT2D eigenvalue weighted by Gasteiger charge is 2.12. The summed E-state index contributed by atoms with van der Waals surface area (Å²) in [5.41, 5.74) is 1.74. The van der Waals surface area contributed by atoms with Crippen LogP contribution in [0.25, 0.3) is 0 Å². The van der Waals surface area contributed by atoms with Crippen LogP contribution in [0.15, 0.2) is 42.5 Å². The molecule has 2 rings (SSSR count). The minimum absolute atomic E-state index is 0.0670. The Balaban J connectivity index is 2.03. The molecule has 2 aromatic rings. The average molecular weight is 346 g/mol. The molecule has 0 aliphatic carbocycles. The highest BCUT2D eigenvalue weighted by atomic mass is 32.2. The van der Waals surface area contributed by atoms with Crippen molar-refractivity contribution in [3.8, 4) is 17.6 Å². The second kappa shape index (κ2) is 7.70. The third-order valence-corrected chi connectivity index (χ3v) is 4.68. The first-order valence-electron chi connectivity index (χ1n) is 7.19. The van der Waals surface area contributed by atoms with Crippen molar-refractivity contribution in [1.82, 2.24) is 0 Å². The van der Waals surface area contributed by atoms with E-state index < -0.39 is 10.0 Å². The fraction of sp³-hybridized carbons (Fsp3) is 0.235. The lowest BCUT2D eigenvalue weighted by Gasteiger charge is -2.11. The molecule has 0 bridgehead atoms. The van der Waals surface area contributed by atoms with E-state index in [4.69, 9.17) is 14.7 Å². The summed E-state index contributed by atoms with van der Waals surface area (Å²) in [6.45, 7) is 0. The summed E-state index contributed by atoms with van der Waals surface area (Å²) in [6.07, 6.45) is 0.339. The van der Waals surface area contributed by atoms with E-state index in [0.717, 1.165) is 5.56 Å². The second-order valence-corrected chi connectivity index (χ2v) is 6.89. The normalized spacial score (nSPS) is 10.7. The Morgan fingerprint density at radius 3 is 2.29 bits per heavy atom. The molecule has 0 aliphatic rings. The third-order valence-electron chi connectivity index (χ3n) is 3.39. The summed E-state index contributed by atoms with van der Waals surface area (Å²) in [4.78, 5) is 0. The molecule has 2 aromatic carbocycles. The maximum absolute atomic E-state index is 12.2. The third kappa shape index (κ3) is 4.64. The van der Waals surface area contributed by atoms with Crippen LogP contribution >= 0.6 is 0 Å². The lowest BCUT2D eigenvalue weighted by Crippen LogP contribution is -2.18. The maximum Gasteiger partial charge on any atom is 0.233 e. The van der Waals surface area contributed by atoms with E-state index in [1.165, 1.54) is 7.11 Å². The molecule has 0 amide bonds. The molecule has 0 unspecified atom stereocenters. The van der Waals surface area contributed by atoms with Crippen LogP contribution in [0.3, 0.4) is 0 Å². The van der Waals surface area contributed by atoms with Gasteiger partial charge < -0.3 is 9.47 Å². The first-order valence-corrected chi connectivity index (χ1v) is 8.84. The summed E-state index contributed by atoms with van der Waals surface area (Å²) in [5.74, 6) is 1.09. The Labute approximate surface area is 141 Å². The smallest absolute Gasteiger partial charge is 0.233 e. The Hall–Kier alpha value is -2.72. The van der Waals surface area contributed by atoms with Crippen molar-refractivity contribution in [3.63, 3.8) is 0 Å². The first-order chi connectivity index (χ1) is 11.5. The van der Waals surface area contributed by atoms with Crippen LogP contribution in [0, 0.1) is 11.3 Å². The van der Waals surface area contributed by atoms with Crippen molar-refractivity contribution in [1.29, 1.82) is 5.26 Å². The van der Waals surface area contributed by atoms with Gasteiger partial charge in [0.2, 0.25) is 10.0 Å². The van der Waals surface area contributed by atoms with Crippen LogP contribution in [0.2, 0.25) is 0 Å². The number of nitrogens with one attached hydrogen (secondary N) is 1. The van der Waals surface area contributed by atoms with Crippen molar-refractivity contribution in [3.05, 3.63) is 53.6 Å². The van der Waals surface area contributed by atoms with Gasteiger partial charge in [-0.1, -0.05) is 6.07 Å². The van der Waals surface area contributed by atoms with Gasteiger partial charge in [0.25, 0.3) is 0 Å². The molecule has 0 aliphatic heterocycles. The molecule has 6 nitrogen and oxygen atoms in total. The lowest BCUT2D eigenvalue weighted by molar-refractivity contribution is 0.354. The topological polar surface area (TPSA) is 88.4 Å². The molecule has 0 heterocycles. The number of anilines is 1. The van der Waals surface area contributed by atoms with Crippen molar-refractivity contribution in [2.45, 2.75) is 6.42 Å². The van der Waals surface area contributed by atoms with Gasteiger partial charge in [-0.3, -0.25) is 4.72 Å². The highest BCUT2D eigenvalue weighted by Crippen LogP contribution is 2.27. The monoisotopic (exact) mass is 346 g/mol. The molecule has 0 atom stereocenters. The number of benzene rings is 2. The molecular formula is C17H18N2O4S. The van der Waals surface area contributed by atoms with Gasteiger partial charge in [0, 0.05) is 5.69 Å². The van der Waals surface area contributed by atoms with Gasteiger partial charge in [-0.2, -0.15) is 5.26 Å². The second-order valence-electron chi connectivity index (χ2n) is 5.05. The molecule has 0 fully saturated rings. The number of ether oxygens (including phenoxy) is 2. The predicted molar refractivity (Wildman–Crippen MR) is 91.8 cm³/mol. The molecule has 0 aromatic heterocycles. The minimum Gasteiger partial charge on any atom is -0.493 e. The number of rotatable bonds is 7. The van der Waals surface area contributed by atoms with Crippen LogP contribution in [-0.4, -0.2) is 28.4 Å². The van der Waals surface area contributed by atoms with E-state index in [9.17, 15) is 8.42 Å². The fourth-order valence-corrected chi connectivity index (χ4v) is 3.23. The molecule has 0 spiro atoms. The first kappa shape index (κ1) is 17.6. The van der Waals surface area contributed by atoms with Gasteiger partial charge in [-0.05, 0) is 48.4 Å². The molecule has 0 saturated heterocycles. The van der Waals surface area contributed by atoms with Gasteiger partial charge in [0.05, 0.1) is 31.6 Å². The molecule has 0 radical (unpaired) electrons. The zero-order chi connectivity index (χ0) is 17.6. The SMILES string of the molecule is COc1ccc(CCS(=O)(=O)Nc2ccc(C#N)cc2)cc1OC. The fourth-order valence-electron chi connectivity index (χ4n) is 2.13. The van der Waals surface area contributed by atoms with E-state index in [0.29, 0.717) is 29.2 Å². The van der Waals surface area contributed by atoms with Crippen LogP contribution in [0.4, 0.5) is 5.69 Å².